The molecular weight excluding hydrogens is 286 g/mol. The van der Waals surface area contributed by atoms with Gasteiger partial charge in [-0.05, 0) is 18.1 Å². The van der Waals surface area contributed by atoms with E-state index in [9.17, 15) is 4.79 Å². The van der Waals surface area contributed by atoms with E-state index in [4.69, 9.17) is 0 Å². The Morgan fingerprint density at radius 2 is 2.24 bits per heavy atom. The molecule has 0 aliphatic rings. The first-order chi connectivity index (χ1) is 10.3. The molecule has 0 atom stereocenters. The average Bonchev–Trinajstić information content (AvgIpc) is 3.15. The summed E-state index contributed by atoms with van der Waals surface area (Å²) in [6, 6.07) is 8.16. The number of benzene rings is 1. The van der Waals surface area contributed by atoms with Crippen LogP contribution in [-0.2, 0) is 11.2 Å². The molecule has 0 aliphatic carbocycles. The summed E-state index contributed by atoms with van der Waals surface area (Å²) in [6.07, 6.45) is 4.24. The van der Waals surface area contributed by atoms with Crippen molar-refractivity contribution in [3.8, 4) is 0 Å². The van der Waals surface area contributed by atoms with Crippen LogP contribution in [0.3, 0.4) is 0 Å². The van der Waals surface area contributed by atoms with Crippen molar-refractivity contribution >= 4 is 28.6 Å². The summed E-state index contributed by atoms with van der Waals surface area (Å²) in [5, 5.41) is 11.2. The van der Waals surface area contributed by atoms with Crippen molar-refractivity contribution in [1.29, 1.82) is 0 Å². The Morgan fingerprint density at radius 1 is 1.33 bits per heavy atom. The molecule has 0 unspecified atom stereocenters. The lowest BCUT2D eigenvalue weighted by Gasteiger charge is -2.03. The van der Waals surface area contributed by atoms with Gasteiger partial charge in [0, 0.05) is 23.6 Å². The Morgan fingerprint density at radius 3 is 3.10 bits per heavy atom. The first-order valence-electron chi connectivity index (χ1n) is 6.63. The van der Waals surface area contributed by atoms with Crippen LogP contribution in [0.4, 0.5) is 0 Å². The number of hydrogen-bond acceptors (Lipinski definition) is 4. The van der Waals surface area contributed by atoms with Gasteiger partial charge in [0.25, 0.3) is 0 Å². The number of nitrogens with zero attached hydrogens (tertiary/aromatic N) is 2. The summed E-state index contributed by atoms with van der Waals surface area (Å²) in [7, 11) is 0. The second kappa shape index (κ2) is 6.45. The highest BCUT2D eigenvalue weighted by Gasteiger charge is 2.06. The molecule has 21 heavy (non-hydrogen) atoms. The number of para-hydroxylation sites is 1. The quantitative estimate of drug-likeness (QED) is 0.605. The van der Waals surface area contributed by atoms with Crippen molar-refractivity contribution in [3.63, 3.8) is 0 Å². The fourth-order valence-corrected chi connectivity index (χ4v) is 2.73. The van der Waals surface area contributed by atoms with E-state index in [1.54, 1.807) is 0 Å². The Kier molecular flexibility index (Phi) is 4.20. The molecule has 3 N–H and O–H groups in total. The van der Waals surface area contributed by atoms with Gasteiger partial charge in [-0.3, -0.25) is 9.89 Å². The maximum absolute atomic E-state index is 11.7. The minimum absolute atomic E-state index is 0.00348. The van der Waals surface area contributed by atoms with Gasteiger partial charge in [0.1, 0.15) is 6.33 Å². The minimum atomic E-state index is -0.00348. The van der Waals surface area contributed by atoms with E-state index in [1.807, 2.05) is 24.4 Å². The Labute approximate surface area is 125 Å². The van der Waals surface area contributed by atoms with Gasteiger partial charge in [0.05, 0.1) is 5.75 Å². The topological polar surface area (TPSA) is 86.5 Å². The van der Waals surface area contributed by atoms with Crippen LogP contribution in [0.5, 0.6) is 0 Å². The van der Waals surface area contributed by atoms with Crippen molar-refractivity contribution in [2.24, 2.45) is 0 Å². The number of nitrogens with one attached hydrogen (secondary N) is 3. The first kappa shape index (κ1) is 13.7. The van der Waals surface area contributed by atoms with E-state index in [2.05, 4.69) is 31.5 Å². The van der Waals surface area contributed by atoms with E-state index in [0.29, 0.717) is 17.5 Å². The molecule has 1 aromatic carbocycles. The zero-order chi connectivity index (χ0) is 14.5. The van der Waals surface area contributed by atoms with E-state index in [-0.39, 0.29) is 5.91 Å². The molecule has 0 fully saturated rings. The fourth-order valence-electron chi connectivity index (χ4n) is 2.12. The third-order valence-corrected chi connectivity index (χ3v) is 4.00. The first-order valence-corrected chi connectivity index (χ1v) is 7.61. The van der Waals surface area contributed by atoms with Crippen LogP contribution >= 0.6 is 11.8 Å². The molecule has 3 aromatic rings. The summed E-state index contributed by atoms with van der Waals surface area (Å²) < 4.78 is 0. The van der Waals surface area contributed by atoms with Crippen LogP contribution in [0.25, 0.3) is 10.9 Å². The molecule has 0 saturated heterocycles. The van der Waals surface area contributed by atoms with Gasteiger partial charge in [-0.25, -0.2) is 4.98 Å². The third kappa shape index (κ3) is 3.43. The van der Waals surface area contributed by atoms with Gasteiger partial charge in [-0.15, -0.1) is 0 Å². The van der Waals surface area contributed by atoms with Gasteiger partial charge >= 0.3 is 0 Å². The lowest BCUT2D eigenvalue weighted by molar-refractivity contribution is -0.118. The third-order valence-electron chi connectivity index (χ3n) is 3.12. The molecule has 0 saturated carbocycles. The molecule has 6 nitrogen and oxygen atoms in total. The normalized spacial score (nSPS) is 10.9. The molecular formula is C14H15N5OS. The summed E-state index contributed by atoms with van der Waals surface area (Å²) in [5.41, 5.74) is 2.34. The van der Waals surface area contributed by atoms with Crippen LogP contribution in [0.2, 0.25) is 0 Å². The number of rotatable bonds is 6. The molecule has 3 rings (SSSR count). The van der Waals surface area contributed by atoms with Gasteiger partial charge in [0.2, 0.25) is 5.91 Å². The van der Waals surface area contributed by atoms with Crippen LogP contribution in [0.1, 0.15) is 5.56 Å². The highest BCUT2D eigenvalue weighted by molar-refractivity contribution is 7.99. The predicted molar refractivity (Wildman–Crippen MR) is 82.1 cm³/mol. The predicted octanol–water partition coefficient (Wildman–Crippen LogP) is 1.74. The van der Waals surface area contributed by atoms with Crippen LogP contribution in [0.15, 0.2) is 41.9 Å². The Balaban J connectivity index is 1.46. The van der Waals surface area contributed by atoms with Gasteiger partial charge in [0.15, 0.2) is 5.16 Å². The number of thioether (sulfide) groups is 1. The Hall–Kier alpha value is -2.28. The zero-order valence-electron chi connectivity index (χ0n) is 11.3. The standard InChI is InChI=1S/C14H15N5OS/c20-13(8-21-14-17-9-18-19-14)15-6-5-10-7-16-12-4-2-1-3-11(10)12/h1-4,7,9,16H,5-6,8H2,(H,15,20)(H,17,18,19). The second-order valence-electron chi connectivity index (χ2n) is 4.54. The Bertz CT molecular complexity index is 722. The number of carbonyl (C=O) groups is 1. The van der Waals surface area contributed by atoms with Crippen molar-refractivity contribution in [2.75, 3.05) is 12.3 Å². The number of aromatic amines is 2. The second-order valence-corrected chi connectivity index (χ2v) is 5.50. The molecule has 2 heterocycles. The lowest BCUT2D eigenvalue weighted by atomic mass is 10.1. The molecule has 0 bridgehead atoms. The molecule has 0 spiro atoms. The van der Waals surface area contributed by atoms with Crippen LogP contribution in [0, 0.1) is 0 Å². The largest absolute Gasteiger partial charge is 0.361 e. The van der Waals surface area contributed by atoms with Gasteiger partial charge in [-0.1, -0.05) is 30.0 Å². The smallest absolute Gasteiger partial charge is 0.230 e. The van der Waals surface area contributed by atoms with Gasteiger partial charge in [-0.2, -0.15) is 5.10 Å². The summed E-state index contributed by atoms with van der Waals surface area (Å²) >= 11 is 1.34. The number of hydrogen-bond donors (Lipinski definition) is 3. The molecule has 0 aliphatic heterocycles. The number of carbonyl (C=O) groups excluding carboxylic acids is 1. The van der Waals surface area contributed by atoms with E-state index < -0.39 is 0 Å². The molecule has 1 amide bonds. The highest BCUT2D eigenvalue weighted by Crippen LogP contribution is 2.17. The van der Waals surface area contributed by atoms with Crippen molar-refractivity contribution in [1.82, 2.24) is 25.5 Å². The average molecular weight is 301 g/mol. The zero-order valence-corrected chi connectivity index (χ0v) is 12.1. The maximum Gasteiger partial charge on any atom is 0.230 e. The van der Waals surface area contributed by atoms with Crippen LogP contribution < -0.4 is 5.32 Å². The lowest BCUT2D eigenvalue weighted by Crippen LogP contribution is -2.27. The van der Waals surface area contributed by atoms with E-state index in [0.717, 1.165) is 11.9 Å². The van der Waals surface area contributed by atoms with Crippen molar-refractivity contribution < 1.29 is 4.79 Å². The summed E-state index contributed by atoms with van der Waals surface area (Å²) in [6.45, 7) is 0.623. The van der Waals surface area contributed by atoms with Crippen LogP contribution in [-0.4, -0.2) is 38.4 Å². The number of amides is 1. The summed E-state index contributed by atoms with van der Waals surface area (Å²) in [5.74, 6) is 0.333. The number of H-pyrrole nitrogens is 2. The molecule has 0 radical (unpaired) electrons. The number of aromatic nitrogens is 4. The monoisotopic (exact) mass is 301 g/mol. The maximum atomic E-state index is 11.7. The highest BCUT2D eigenvalue weighted by atomic mass is 32.2. The molecule has 108 valence electrons. The van der Waals surface area contributed by atoms with Crippen molar-refractivity contribution in [3.05, 3.63) is 42.4 Å². The SMILES string of the molecule is O=C(CSc1ncn[nH]1)NCCc1c[nH]c2ccccc12. The number of fused-ring (bicyclic) bond motifs is 1. The van der Waals surface area contributed by atoms with E-state index in [1.165, 1.54) is 29.0 Å². The molecule has 7 heteroatoms. The van der Waals surface area contributed by atoms with E-state index >= 15 is 0 Å². The van der Waals surface area contributed by atoms with Crippen molar-refractivity contribution in [2.45, 2.75) is 11.6 Å². The minimum Gasteiger partial charge on any atom is -0.361 e. The fraction of sp³-hybridized carbons (Fsp3) is 0.214. The van der Waals surface area contributed by atoms with Gasteiger partial charge < -0.3 is 10.3 Å². The molecule has 2 aromatic heterocycles. The summed E-state index contributed by atoms with van der Waals surface area (Å²) in [4.78, 5) is 18.9.